The van der Waals surface area contributed by atoms with Crippen molar-refractivity contribution < 1.29 is 33.8 Å². The lowest BCUT2D eigenvalue weighted by Crippen LogP contribution is -2.74. The monoisotopic (exact) mass is 493 g/mol. The summed E-state index contributed by atoms with van der Waals surface area (Å²) in [5.41, 5.74) is 1.74. The maximum atomic E-state index is 13.6. The van der Waals surface area contributed by atoms with Gasteiger partial charge in [0.25, 0.3) is 0 Å². The van der Waals surface area contributed by atoms with E-state index in [0.717, 1.165) is 0 Å². The van der Waals surface area contributed by atoms with Gasteiger partial charge in [-0.15, -0.1) is 0 Å². The minimum Gasteiger partial charge on any atom is -0.489 e. The van der Waals surface area contributed by atoms with Gasteiger partial charge in [-0.3, -0.25) is 29.0 Å². The van der Waals surface area contributed by atoms with E-state index in [2.05, 4.69) is 6.07 Å². The molecule has 10 nitrogen and oxygen atoms in total. The first-order chi connectivity index (χ1) is 17.1. The molecule has 3 heterocycles. The predicted molar refractivity (Wildman–Crippen MR) is 124 cm³/mol. The Labute approximate surface area is 208 Å². The van der Waals surface area contributed by atoms with Gasteiger partial charge >= 0.3 is 0 Å². The SMILES string of the molecule is COC1=C(OC)C(=O)C2=C(C[C@H]3[C@H](C#N)N4[C@@H](CO)C5=C(C[C@H]4[C@@H]2N3C)C(=O)C(C)=C(C)C5=O)C1=O. The summed E-state index contributed by atoms with van der Waals surface area (Å²) in [6.45, 7) is 2.72. The number of likely N-dealkylation sites (N-methyl/N-ethyl adjacent to an activating group) is 1. The van der Waals surface area contributed by atoms with Crippen LogP contribution in [0.25, 0.3) is 0 Å². The third-order valence-electron chi connectivity index (χ3n) is 8.47. The first-order valence-corrected chi connectivity index (χ1v) is 11.8. The highest BCUT2D eigenvalue weighted by Crippen LogP contribution is 2.48. The van der Waals surface area contributed by atoms with Crippen LogP contribution < -0.4 is 0 Å². The largest absolute Gasteiger partial charge is 0.489 e. The Morgan fingerprint density at radius 3 is 2.03 bits per heavy atom. The summed E-state index contributed by atoms with van der Waals surface area (Å²) in [6, 6.07) is -1.13. The lowest BCUT2D eigenvalue weighted by Gasteiger charge is -2.60. The molecule has 1 N–H and O–H groups in total. The number of carbonyl (C=O) groups excluding carboxylic acids is 4. The highest BCUT2D eigenvalue weighted by Gasteiger charge is 2.59. The molecule has 3 aliphatic heterocycles. The smallest absolute Gasteiger partial charge is 0.229 e. The fourth-order valence-corrected chi connectivity index (χ4v) is 6.66. The number of fused-ring (bicyclic) bond motifs is 5. The Morgan fingerprint density at radius 2 is 1.44 bits per heavy atom. The van der Waals surface area contributed by atoms with Crippen LogP contribution in [0, 0.1) is 11.3 Å². The van der Waals surface area contributed by atoms with Crippen LogP contribution in [0.4, 0.5) is 0 Å². The highest BCUT2D eigenvalue weighted by atomic mass is 16.5. The van der Waals surface area contributed by atoms with E-state index in [9.17, 15) is 29.5 Å². The molecule has 1 saturated heterocycles. The Kier molecular flexibility index (Phi) is 5.63. The molecule has 0 aromatic heterocycles. The van der Waals surface area contributed by atoms with Crippen molar-refractivity contribution in [2.45, 2.75) is 56.9 Å². The number of nitriles is 1. The Bertz CT molecular complexity index is 1310. The number of Topliss-reactive ketones (excluding diaryl/α,β-unsaturated/α-hetero) is 4. The van der Waals surface area contributed by atoms with Crippen molar-refractivity contribution in [3.63, 3.8) is 0 Å². The number of hydrogen-bond donors (Lipinski definition) is 1. The van der Waals surface area contributed by atoms with E-state index < -0.39 is 48.4 Å². The molecule has 2 bridgehead atoms. The number of methoxy groups -OCH3 is 2. The molecule has 10 heteroatoms. The first kappa shape index (κ1) is 24.3. The van der Waals surface area contributed by atoms with Gasteiger partial charge in [0.1, 0.15) is 6.04 Å². The van der Waals surface area contributed by atoms with Crippen LogP contribution in [0.3, 0.4) is 0 Å². The molecule has 5 rings (SSSR count). The molecule has 0 unspecified atom stereocenters. The Hall–Kier alpha value is -3.39. The van der Waals surface area contributed by atoms with Crippen molar-refractivity contribution >= 4 is 23.1 Å². The Balaban J connectivity index is 1.72. The van der Waals surface area contributed by atoms with E-state index in [1.54, 1.807) is 25.8 Å². The van der Waals surface area contributed by atoms with E-state index in [-0.39, 0.29) is 52.6 Å². The molecule has 0 radical (unpaired) electrons. The van der Waals surface area contributed by atoms with Gasteiger partial charge in [0, 0.05) is 45.5 Å². The molecule has 2 aliphatic carbocycles. The van der Waals surface area contributed by atoms with Crippen LogP contribution in [-0.2, 0) is 28.7 Å². The molecule has 0 aromatic rings. The number of piperazine rings is 1. The van der Waals surface area contributed by atoms with Crippen molar-refractivity contribution in [1.29, 1.82) is 5.26 Å². The average molecular weight is 494 g/mol. The number of aliphatic hydroxyl groups excluding tert-OH is 1. The van der Waals surface area contributed by atoms with Crippen LogP contribution in [-0.4, -0.2) is 96.1 Å². The van der Waals surface area contributed by atoms with E-state index >= 15 is 0 Å². The Morgan fingerprint density at radius 1 is 0.889 bits per heavy atom. The third kappa shape index (κ3) is 2.88. The van der Waals surface area contributed by atoms with Gasteiger partial charge in [-0.2, -0.15) is 5.26 Å². The summed E-state index contributed by atoms with van der Waals surface area (Å²) in [5, 5.41) is 20.8. The van der Waals surface area contributed by atoms with Gasteiger partial charge < -0.3 is 14.6 Å². The van der Waals surface area contributed by atoms with E-state index in [4.69, 9.17) is 9.47 Å². The minimum atomic E-state index is -0.884. The van der Waals surface area contributed by atoms with E-state index in [1.165, 1.54) is 14.2 Å². The molecular weight excluding hydrogens is 466 g/mol. The number of carbonyl (C=O) groups is 4. The molecule has 188 valence electrons. The van der Waals surface area contributed by atoms with Crippen molar-refractivity contribution in [1.82, 2.24) is 9.80 Å². The number of hydrogen-bond acceptors (Lipinski definition) is 10. The lowest BCUT2D eigenvalue weighted by molar-refractivity contribution is -0.126. The average Bonchev–Trinajstić information content (AvgIpc) is 2.87. The second kappa shape index (κ2) is 8.34. The van der Waals surface area contributed by atoms with Crippen molar-refractivity contribution in [3.05, 3.63) is 45.0 Å². The number of aliphatic hydroxyl groups is 1. The van der Waals surface area contributed by atoms with Crippen LogP contribution in [0.5, 0.6) is 0 Å². The second-order valence-corrected chi connectivity index (χ2v) is 9.79. The molecular formula is C26H27N3O7. The van der Waals surface area contributed by atoms with Gasteiger partial charge in [0.05, 0.1) is 39.0 Å². The van der Waals surface area contributed by atoms with Gasteiger partial charge in [-0.1, -0.05) is 0 Å². The second-order valence-electron chi connectivity index (χ2n) is 9.79. The quantitative estimate of drug-likeness (QED) is 0.540. The zero-order valence-corrected chi connectivity index (χ0v) is 20.7. The van der Waals surface area contributed by atoms with Crippen LogP contribution in [0.1, 0.15) is 26.7 Å². The van der Waals surface area contributed by atoms with Gasteiger partial charge in [0.15, 0.2) is 11.6 Å². The fraction of sp³-hybridized carbons (Fsp3) is 0.500. The van der Waals surface area contributed by atoms with Gasteiger partial charge in [0.2, 0.25) is 23.1 Å². The third-order valence-corrected chi connectivity index (χ3v) is 8.47. The molecule has 1 fully saturated rings. The zero-order chi connectivity index (χ0) is 26.2. The number of rotatable bonds is 3. The molecule has 5 aliphatic rings. The van der Waals surface area contributed by atoms with Crippen molar-refractivity contribution in [3.8, 4) is 6.07 Å². The molecule has 36 heavy (non-hydrogen) atoms. The first-order valence-electron chi connectivity index (χ1n) is 11.8. The molecule has 0 spiro atoms. The summed E-state index contributed by atoms with van der Waals surface area (Å²) < 4.78 is 10.5. The number of allylic oxidation sites excluding steroid dienone is 4. The fourth-order valence-electron chi connectivity index (χ4n) is 6.66. The van der Waals surface area contributed by atoms with Crippen LogP contribution >= 0.6 is 0 Å². The number of nitrogens with zero attached hydrogens (tertiary/aromatic N) is 3. The molecule has 0 aromatic carbocycles. The van der Waals surface area contributed by atoms with E-state index in [1.807, 2.05) is 4.90 Å². The number of ketones is 4. The summed E-state index contributed by atoms with van der Waals surface area (Å²) in [4.78, 5) is 57.3. The molecule has 0 saturated carbocycles. The van der Waals surface area contributed by atoms with Crippen molar-refractivity contribution in [2.24, 2.45) is 0 Å². The van der Waals surface area contributed by atoms with Crippen molar-refractivity contribution in [2.75, 3.05) is 27.9 Å². The summed E-state index contributed by atoms with van der Waals surface area (Å²) in [5.74, 6) is -1.86. The maximum Gasteiger partial charge on any atom is 0.229 e. The topological polar surface area (TPSA) is 137 Å². The van der Waals surface area contributed by atoms with Crippen LogP contribution in [0.15, 0.2) is 45.0 Å². The summed E-state index contributed by atoms with van der Waals surface area (Å²) >= 11 is 0. The maximum absolute atomic E-state index is 13.6. The molecule has 5 atom stereocenters. The highest BCUT2D eigenvalue weighted by molar-refractivity contribution is 6.26. The summed E-state index contributed by atoms with van der Waals surface area (Å²) in [7, 11) is 4.38. The zero-order valence-electron chi connectivity index (χ0n) is 20.7. The minimum absolute atomic E-state index is 0.0996. The van der Waals surface area contributed by atoms with Gasteiger partial charge in [-0.05, 0) is 33.7 Å². The van der Waals surface area contributed by atoms with Gasteiger partial charge in [-0.25, -0.2) is 0 Å². The van der Waals surface area contributed by atoms with Crippen LogP contribution in [0.2, 0.25) is 0 Å². The normalized spacial score (nSPS) is 33.0. The molecule has 0 amide bonds. The lowest BCUT2D eigenvalue weighted by atomic mass is 9.67. The standard InChI is InChI=1S/C26H27N3O7/c1-10-11(2)22(32)18-12(21(10)31)7-15-20-19-13(23(33)25(35-4)26(36-5)24(19)34)6-14(28(20)3)16(8-27)29(15)17(18)9-30/h14-17,20,30H,6-7,9H2,1-5H3/t14-,15-,16-,17-,20-/m0/s1. The van der Waals surface area contributed by atoms with E-state index in [0.29, 0.717) is 16.7 Å². The predicted octanol–water partition coefficient (Wildman–Crippen LogP) is 0.138. The summed E-state index contributed by atoms with van der Waals surface area (Å²) in [6.07, 6.45) is 0.218. The number of ether oxygens (including phenoxy) is 2.